The normalized spacial score (nSPS) is 22.5. The van der Waals surface area contributed by atoms with Gasteiger partial charge in [-0.3, -0.25) is 4.79 Å². The first-order valence-corrected chi connectivity index (χ1v) is 12.3. The van der Waals surface area contributed by atoms with Gasteiger partial charge in [0, 0.05) is 44.3 Å². The summed E-state index contributed by atoms with van der Waals surface area (Å²) < 4.78 is 5.74. The number of hydrogen-bond donors (Lipinski definition) is 2. The predicted molar refractivity (Wildman–Crippen MR) is 145 cm³/mol. The molecule has 2 aliphatic heterocycles. The van der Waals surface area contributed by atoms with Crippen LogP contribution in [0.15, 0.2) is 29.3 Å². The Kier molecular flexibility index (Phi) is 11.9. The highest BCUT2D eigenvalue weighted by Crippen LogP contribution is 2.15. The highest BCUT2D eigenvalue weighted by atomic mass is 127. The van der Waals surface area contributed by atoms with Gasteiger partial charge in [0.05, 0.1) is 18.8 Å². The number of carbonyl (C=O) groups is 1. The molecule has 33 heavy (non-hydrogen) atoms. The Hall–Kier alpha value is -1.39. The number of guanidine groups is 1. The summed E-state index contributed by atoms with van der Waals surface area (Å²) in [6.07, 6.45) is 3.68. The van der Waals surface area contributed by atoms with Crippen LogP contribution < -0.4 is 10.6 Å². The Bertz CT molecular complexity index is 740. The van der Waals surface area contributed by atoms with E-state index >= 15 is 0 Å². The minimum absolute atomic E-state index is 0. The standard InChI is InChI=1S/C25H41N5O2.HI/c1-5-13-29-14-11-23(12-15-29)28-25(26-6-2)27-16-21-7-9-22(10-8-21)24(31)30-17-19(3)32-20(4)18-30;/h7-10,19-20,23H,5-6,11-18H2,1-4H3,(H2,26,27,28);1H. The van der Waals surface area contributed by atoms with E-state index in [0.29, 0.717) is 25.7 Å². The molecule has 2 atom stereocenters. The lowest BCUT2D eigenvalue weighted by atomic mass is 10.1. The summed E-state index contributed by atoms with van der Waals surface area (Å²) in [4.78, 5) is 22.1. The predicted octanol–water partition coefficient (Wildman–Crippen LogP) is 3.48. The van der Waals surface area contributed by atoms with Crippen LogP contribution in [-0.2, 0) is 11.3 Å². The monoisotopic (exact) mass is 571 g/mol. The molecule has 0 radical (unpaired) electrons. The van der Waals surface area contributed by atoms with E-state index in [-0.39, 0.29) is 42.1 Å². The van der Waals surface area contributed by atoms with Crippen molar-refractivity contribution < 1.29 is 9.53 Å². The van der Waals surface area contributed by atoms with Crippen LogP contribution in [0.5, 0.6) is 0 Å². The van der Waals surface area contributed by atoms with E-state index in [4.69, 9.17) is 9.73 Å². The summed E-state index contributed by atoms with van der Waals surface area (Å²) in [6.45, 7) is 14.6. The molecule has 1 aromatic carbocycles. The number of carbonyl (C=O) groups excluding carboxylic acids is 1. The number of likely N-dealkylation sites (tertiary alicyclic amines) is 1. The molecule has 1 aromatic rings. The van der Waals surface area contributed by atoms with E-state index < -0.39 is 0 Å². The van der Waals surface area contributed by atoms with Crippen LogP contribution in [0.25, 0.3) is 0 Å². The molecule has 0 spiro atoms. The second-order valence-corrected chi connectivity index (χ2v) is 9.12. The Morgan fingerprint density at radius 1 is 1.09 bits per heavy atom. The van der Waals surface area contributed by atoms with E-state index in [1.807, 2.05) is 43.0 Å². The summed E-state index contributed by atoms with van der Waals surface area (Å²) >= 11 is 0. The van der Waals surface area contributed by atoms with Crippen molar-refractivity contribution >= 4 is 35.8 Å². The maximum absolute atomic E-state index is 12.9. The third-order valence-electron chi connectivity index (χ3n) is 6.14. The van der Waals surface area contributed by atoms with E-state index in [1.54, 1.807) is 0 Å². The zero-order valence-corrected chi connectivity index (χ0v) is 23.0. The summed E-state index contributed by atoms with van der Waals surface area (Å²) in [7, 11) is 0. The number of piperidine rings is 1. The van der Waals surface area contributed by atoms with Crippen LogP contribution in [0.1, 0.15) is 62.9 Å². The molecule has 3 rings (SSSR count). The maximum atomic E-state index is 12.9. The minimum atomic E-state index is 0. The third kappa shape index (κ3) is 8.72. The van der Waals surface area contributed by atoms with Crippen molar-refractivity contribution in [2.45, 2.75) is 71.8 Å². The zero-order valence-electron chi connectivity index (χ0n) is 20.7. The Morgan fingerprint density at radius 2 is 1.73 bits per heavy atom. The number of ether oxygens (including phenoxy) is 1. The maximum Gasteiger partial charge on any atom is 0.254 e. The average Bonchev–Trinajstić information content (AvgIpc) is 2.78. The van der Waals surface area contributed by atoms with Gasteiger partial charge in [0.25, 0.3) is 5.91 Å². The minimum Gasteiger partial charge on any atom is -0.372 e. The molecule has 2 saturated heterocycles. The molecule has 0 saturated carbocycles. The molecule has 2 heterocycles. The molecule has 186 valence electrons. The molecule has 7 nitrogen and oxygen atoms in total. The smallest absolute Gasteiger partial charge is 0.254 e. The van der Waals surface area contributed by atoms with Crippen molar-refractivity contribution in [1.82, 2.24) is 20.4 Å². The lowest BCUT2D eigenvalue weighted by molar-refractivity contribution is -0.0586. The van der Waals surface area contributed by atoms with Crippen LogP contribution in [0.4, 0.5) is 0 Å². The highest BCUT2D eigenvalue weighted by Gasteiger charge is 2.26. The fourth-order valence-corrected chi connectivity index (χ4v) is 4.58. The van der Waals surface area contributed by atoms with Crippen molar-refractivity contribution in [3.8, 4) is 0 Å². The summed E-state index contributed by atoms with van der Waals surface area (Å²) in [5.74, 6) is 0.948. The molecule has 0 aliphatic carbocycles. The summed E-state index contributed by atoms with van der Waals surface area (Å²) in [5, 5.41) is 6.98. The van der Waals surface area contributed by atoms with E-state index in [0.717, 1.165) is 49.6 Å². The van der Waals surface area contributed by atoms with E-state index in [2.05, 4.69) is 29.4 Å². The summed E-state index contributed by atoms with van der Waals surface area (Å²) in [6, 6.07) is 8.33. The van der Waals surface area contributed by atoms with Gasteiger partial charge < -0.3 is 25.2 Å². The molecule has 1 amide bonds. The lowest BCUT2D eigenvalue weighted by Gasteiger charge is -2.35. The van der Waals surface area contributed by atoms with E-state index in [1.165, 1.54) is 13.0 Å². The van der Waals surface area contributed by atoms with Gasteiger partial charge in [-0.25, -0.2) is 4.99 Å². The van der Waals surface area contributed by atoms with E-state index in [9.17, 15) is 4.79 Å². The molecule has 0 bridgehead atoms. The van der Waals surface area contributed by atoms with Crippen LogP contribution in [0.3, 0.4) is 0 Å². The number of halogens is 1. The van der Waals surface area contributed by atoms with Crippen LogP contribution in [0, 0.1) is 0 Å². The van der Waals surface area contributed by atoms with Crippen molar-refractivity contribution in [3.05, 3.63) is 35.4 Å². The van der Waals surface area contributed by atoms with Gasteiger partial charge >= 0.3 is 0 Å². The molecule has 0 aromatic heterocycles. The summed E-state index contributed by atoms with van der Waals surface area (Å²) in [5.41, 5.74) is 1.82. The molecule has 2 unspecified atom stereocenters. The van der Waals surface area contributed by atoms with Gasteiger partial charge in [-0.2, -0.15) is 0 Å². The number of benzene rings is 1. The molecule has 2 fully saturated rings. The van der Waals surface area contributed by atoms with Gasteiger partial charge in [0.15, 0.2) is 5.96 Å². The third-order valence-corrected chi connectivity index (χ3v) is 6.14. The fraction of sp³-hybridized carbons (Fsp3) is 0.680. The number of aliphatic imine (C=N–C) groups is 1. The topological polar surface area (TPSA) is 69.2 Å². The number of nitrogens with zero attached hydrogens (tertiary/aromatic N) is 3. The first-order chi connectivity index (χ1) is 15.5. The second-order valence-electron chi connectivity index (χ2n) is 9.12. The van der Waals surface area contributed by atoms with Crippen molar-refractivity contribution in [1.29, 1.82) is 0 Å². The Balaban J connectivity index is 0.00000385. The molecule has 8 heteroatoms. The fourth-order valence-electron chi connectivity index (χ4n) is 4.58. The van der Waals surface area contributed by atoms with Gasteiger partial charge in [0.1, 0.15) is 0 Å². The Labute approximate surface area is 216 Å². The second kappa shape index (κ2) is 14.1. The quantitative estimate of drug-likeness (QED) is 0.298. The van der Waals surface area contributed by atoms with Gasteiger partial charge in [0.2, 0.25) is 0 Å². The van der Waals surface area contributed by atoms with Gasteiger partial charge in [-0.15, -0.1) is 24.0 Å². The Morgan fingerprint density at radius 3 is 2.30 bits per heavy atom. The highest BCUT2D eigenvalue weighted by molar-refractivity contribution is 14.0. The van der Waals surface area contributed by atoms with Crippen LogP contribution >= 0.6 is 24.0 Å². The molecule has 2 aliphatic rings. The average molecular weight is 572 g/mol. The molecular weight excluding hydrogens is 529 g/mol. The number of morpholine rings is 1. The largest absolute Gasteiger partial charge is 0.372 e. The SMILES string of the molecule is CCCN1CCC(NC(=NCc2ccc(C(=O)N3CC(C)OC(C)C3)cc2)NCC)CC1.I. The van der Waals surface area contributed by atoms with Crippen LogP contribution in [-0.4, -0.2) is 79.2 Å². The lowest BCUT2D eigenvalue weighted by Crippen LogP contribution is -2.48. The number of rotatable bonds is 7. The first-order valence-electron chi connectivity index (χ1n) is 12.3. The number of amides is 1. The van der Waals surface area contributed by atoms with Crippen molar-refractivity contribution in [2.75, 3.05) is 39.3 Å². The first kappa shape index (κ1) is 27.9. The number of hydrogen-bond acceptors (Lipinski definition) is 4. The number of nitrogens with one attached hydrogen (secondary N) is 2. The van der Waals surface area contributed by atoms with Gasteiger partial charge in [-0.05, 0) is 64.3 Å². The molecular formula is C25H42IN5O2. The van der Waals surface area contributed by atoms with Crippen molar-refractivity contribution in [2.24, 2.45) is 4.99 Å². The van der Waals surface area contributed by atoms with Gasteiger partial charge in [-0.1, -0.05) is 19.1 Å². The van der Waals surface area contributed by atoms with Crippen molar-refractivity contribution in [3.63, 3.8) is 0 Å². The zero-order chi connectivity index (χ0) is 22.9. The van der Waals surface area contributed by atoms with Crippen LogP contribution in [0.2, 0.25) is 0 Å². The molecule has 2 N–H and O–H groups in total.